The molecule has 0 saturated heterocycles. The second kappa shape index (κ2) is 6.63. The van der Waals surface area contributed by atoms with Crippen LogP contribution in [0.15, 0.2) is 12.2 Å². The van der Waals surface area contributed by atoms with Crippen LogP contribution in [0.3, 0.4) is 0 Å². The maximum absolute atomic E-state index is 11.3. The van der Waals surface area contributed by atoms with Crippen molar-refractivity contribution in [1.29, 1.82) is 0 Å². The Morgan fingerprint density at radius 2 is 1.93 bits per heavy atom. The van der Waals surface area contributed by atoms with E-state index >= 15 is 0 Å². The van der Waals surface area contributed by atoms with Gasteiger partial charge in [-0.3, -0.25) is 0 Å². The number of ether oxygens (including phenoxy) is 1. The van der Waals surface area contributed by atoms with Crippen molar-refractivity contribution in [3.8, 4) is 0 Å². The van der Waals surface area contributed by atoms with Crippen molar-refractivity contribution < 1.29 is 9.53 Å². The first-order valence-corrected chi connectivity index (χ1v) is 5.36. The molecule has 0 fully saturated rings. The van der Waals surface area contributed by atoms with Crippen LogP contribution < -0.4 is 0 Å². The average molecular weight is 198 g/mol. The lowest BCUT2D eigenvalue weighted by atomic mass is 9.93. The third-order valence-corrected chi connectivity index (χ3v) is 2.42. The molecule has 0 aliphatic heterocycles. The lowest BCUT2D eigenvalue weighted by molar-refractivity contribution is -0.148. The van der Waals surface area contributed by atoms with Gasteiger partial charge in [-0.05, 0) is 18.8 Å². The largest absolute Gasteiger partial charge is 0.459 e. The van der Waals surface area contributed by atoms with Gasteiger partial charge in [0, 0.05) is 6.08 Å². The van der Waals surface area contributed by atoms with E-state index in [0.29, 0.717) is 11.8 Å². The van der Waals surface area contributed by atoms with Gasteiger partial charge < -0.3 is 4.74 Å². The fourth-order valence-electron chi connectivity index (χ4n) is 1.45. The smallest absolute Gasteiger partial charge is 0.330 e. The monoisotopic (exact) mass is 198 g/mol. The summed E-state index contributed by atoms with van der Waals surface area (Å²) in [6, 6.07) is 0. The van der Waals surface area contributed by atoms with Crippen LogP contribution in [0, 0.1) is 11.8 Å². The summed E-state index contributed by atoms with van der Waals surface area (Å²) in [5.41, 5.74) is 0. The van der Waals surface area contributed by atoms with Gasteiger partial charge >= 0.3 is 5.97 Å². The molecule has 0 amide bonds. The van der Waals surface area contributed by atoms with Gasteiger partial charge in [-0.1, -0.05) is 40.2 Å². The van der Waals surface area contributed by atoms with E-state index in [1.165, 1.54) is 6.08 Å². The molecule has 0 radical (unpaired) electrons. The molecule has 0 N–H and O–H groups in total. The Morgan fingerprint density at radius 1 is 1.36 bits per heavy atom. The Bertz CT molecular complexity index is 194. The second-order valence-electron chi connectivity index (χ2n) is 4.03. The van der Waals surface area contributed by atoms with Crippen LogP contribution in [0.4, 0.5) is 0 Å². The summed E-state index contributed by atoms with van der Waals surface area (Å²) in [5, 5.41) is 0. The summed E-state index contributed by atoms with van der Waals surface area (Å²) in [6.07, 6.45) is 4.24. The molecule has 0 aliphatic rings. The summed E-state index contributed by atoms with van der Waals surface area (Å²) in [7, 11) is 0. The van der Waals surface area contributed by atoms with E-state index in [9.17, 15) is 4.79 Å². The van der Waals surface area contributed by atoms with Gasteiger partial charge in [0.15, 0.2) is 0 Å². The maximum atomic E-state index is 11.3. The standard InChI is InChI=1S/C12H22O2/c1-6-8-11(13)14-12(9(3)4)10(5)7-2/h6,8-10,12H,7H2,1-5H3/b8-6+/t10-,12+/m1/s1. The normalized spacial score (nSPS) is 15.9. The predicted molar refractivity (Wildman–Crippen MR) is 59.0 cm³/mol. The first kappa shape index (κ1) is 13.2. The molecule has 2 heteroatoms. The van der Waals surface area contributed by atoms with Gasteiger partial charge in [-0.25, -0.2) is 4.79 Å². The average Bonchev–Trinajstić information content (AvgIpc) is 2.13. The Balaban J connectivity index is 4.30. The van der Waals surface area contributed by atoms with Crippen molar-refractivity contribution in [1.82, 2.24) is 0 Å². The highest BCUT2D eigenvalue weighted by Gasteiger charge is 2.22. The summed E-state index contributed by atoms with van der Waals surface area (Å²) in [5.74, 6) is 0.565. The third-order valence-electron chi connectivity index (χ3n) is 2.42. The third kappa shape index (κ3) is 4.45. The molecule has 2 atom stereocenters. The molecule has 0 rings (SSSR count). The molecule has 0 spiro atoms. The Hall–Kier alpha value is -0.790. The minimum atomic E-state index is -0.230. The lowest BCUT2D eigenvalue weighted by Gasteiger charge is -2.26. The van der Waals surface area contributed by atoms with Crippen molar-refractivity contribution >= 4 is 5.97 Å². The zero-order chi connectivity index (χ0) is 11.1. The molecule has 14 heavy (non-hydrogen) atoms. The maximum Gasteiger partial charge on any atom is 0.330 e. The Kier molecular flexibility index (Phi) is 6.26. The highest BCUT2D eigenvalue weighted by molar-refractivity contribution is 5.81. The quantitative estimate of drug-likeness (QED) is 0.501. The van der Waals surface area contributed by atoms with Crippen molar-refractivity contribution in [3.63, 3.8) is 0 Å². The van der Waals surface area contributed by atoms with Crippen molar-refractivity contribution in [2.45, 2.75) is 47.1 Å². The minimum Gasteiger partial charge on any atom is -0.459 e. The molecule has 0 aliphatic carbocycles. The first-order valence-electron chi connectivity index (χ1n) is 5.36. The van der Waals surface area contributed by atoms with E-state index in [4.69, 9.17) is 4.74 Å². The summed E-state index contributed by atoms with van der Waals surface area (Å²) < 4.78 is 5.38. The molecule has 82 valence electrons. The number of carbonyl (C=O) groups is 1. The van der Waals surface area contributed by atoms with E-state index in [0.717, 1.165) is 6.42 Å². The van der Waals surface area contributed by atoms with E-state index in [1.807, 2.05) is 6.92 Å². The lowest BCUT2D eigenvalue weighted by Crippen LogP contribution is -2.29. The van der Waals surface area contributed by atoms with E-state index in [2.05, 4.69) is 27.7 Å². The first-order chi connectivity index (χ1) is 6.52. The van der Waals surface area contributed by atoms with E-state index in [1.54, 1.807) is 6.08 Å². The van der Waals surface area contributed by atoms with Gasteiger partial charge in [0.1, 0.15) is 6.10 Å². The topological polar surface area (TPSA) is 26.3 Å². The molecule has 0 heterocycles. The highest BCUT2D eigenvalue weighted by atomic mass is 16.5. The predicted octanol–water partition coefficient (Wildman–Crippen LogP) is 3.18. The molecule has 0 bridgehead atoms. The Labute approximate surface area is 87.3 Å². The molecule has 0 aromatic rings. The second-order valence-corrected chi connectivity index (χ2v) is 4.03. The number of allylic oxidation sites excluding steroid dienone is 1. The highest BCUT2D eigenvalue weighted by Crippen LogP contribution is 2.19. The SMILES string of the molecule is C/C=C/C(=O)O[C@@H](C(C)C)[C@H](C)CC. The molecular weight excluding hydrogens is 176 g/mol. The zero-order valence-electron chi connectivity index (χ0n) is 9.91. The van der Waals surface area contributed by atoms with Gasteiger partial charge in [0.05, 0.1) is 0 Å². The molecular formula is C12H22O2. The van der Waals surface area contributed by atoms with Crippen molar-refractivity contribution in [3.05, 3.63) is 12.2 Å². The van der Waals surface area contributed by atoms with Crippen molar-refractivity contribution in [2.24, 2.45) is 11.8 Å². The van der Waals surface area contributed by atoms with Gasteiger partial charge in [-0.2, -0.15) is 0 Å². The van der Waals surface area contributed by atoms with Crippen LogP contribution in [0.1, 0.15) is 41.0 Å². The number of rotatable bonds is 5. The van der Waals surface area contributed by atoms with E-state index in [-0.39, 0.29) is 12.1 Å². The van der Waals surface area contributed by atoms with Crippen LogP contribution in [-0.4, -0.2) is 12.1 Å². The molecule has 0 aromatic heterocycles. The van der Waals surface area contributed by atoms with Crippen LogP contribution in [0.2, 0.25) is 0 Å². The van der Waals surface area contributed by atoms with E-state index < -0.39 is 0 Å². The number of esters is 1. The molecule has 0 aromatic carbocycles. The van der Waals surface area contributed by atoms with Crippen LogP contribution in [0.25, 0.3) is 0 Å². The zero-order valence-corrected chi connectivity index (χ0v) is 9.91. The van der Waals surface area contributed by atoms with Gasteiger partial charge in [-0.15, -0.1) is 0 Å². The molecule has 0 unspecified atom stereocenters. The summed E-state index contributed by atoms with van der Waals surface area (Å²) in [4.78, 5) is 11.3. The summed E-state index contributed by atoms with van der Waals surface area (Å²) >= 11 is 0. The van der Waals surface area contributed by atoms with Crippen LogP contribution in [-0.2, 0) is 9.53 Å². The summed E-state index contributed by atoms with van der Waals surface area (Å²) in [6.45, 7) is 10.2. The number of carbonyl (C=O) groups excluding carboxylic acids is 1. The Morgan fingerprint density at radius 3 is 2.29 bits per heavy atom. The van der Waals surface area contributed by atoms with Gasteiger partial charge in [0.2, 0.25) is 0 Å². The minimum absolute atomic E-state index is 0.0312. The van der Waals surface area contributed by atoms with Crippen molar-refractivity contribution in [2.75, 3.05) is 0 Å². The fraction of sp³-hybridized carbons (Fsp3) is 0.750. The number of hydrogen-bond donors (Lipinski definition) is 0. The van der Waals surface area contributed by atoms with Crippen LogP contribution >= 0.6 is 0 Å². The van der Waals surface area contributed by atoms with Gasteiger partial charge in [0.25, 0.3) is 0 Å². The molecule has 2 nitrogen and oxygen atoms in total. The fourth-order valence-corrected chi connectivity index (χ4v) is 1.45. The van der Waals surface area contributed by atoms with Crippen LogP contribution in [0.5, 0.6) is 0 Å². The number of hydrogen-bond acceptors (Lipinski definition) is 2. The molecule has 0 saturated carbocycles.